The molecule has 0 amide bonds. The molecule has 0 aliphatic carbocycles. The van der Waals surface area contributed by atoms with Gasteiger partial charge in [-0.2, -0.15) is 5.26 Å². The van der Waals surface area contributed by atoms with Gasteiger partial charge in [0.15, 0.2) is 5.75 Å². The highest BCUT2D eigenvalue weighted by Gasteiger charge is 2.35. The van der Waals surface area contributed by atoms with Crippen molar-refractivity contribution in [2.75, 3.05) is 14.1 Å². The lowest BCUT2D eigenvalue weighted by Gasteiger charge is -2.28. The molecule has 2 heterocycles. The average molecular weight is 441 g/mol. The molecule has 9 heteroatoms. The molecule has 4 rings (SSSR count). The maximum Gasteiger partial charge on any atom is 0.243 e. The lowest BCUT2D eigenvalue weighted by atomic mass is 9.83. The second-order valence-corrected chi connectivity index (χ2v) is 9.51. The van der Waals surface area contributed by atoms with Crippen LogP contribution in [0, 0.1) is 11.3 Å². The second-order valence-electron chi connectivity index (χ2n) is 6.96. The number of sulfonamides is 1. The molecule has 1 aromatic heterocycles. The van der Waals surface area contributed by atoms with Gasteiger partial charge in [0.05, 0.1) is 10.8 Å². The lowest BCUT2D eigenvalue weighted by Crippen LogP contribution is -2.25. The van der Waals surface area contributed by atoms with Crippen LogP contribution in [-0.4, -0.2) is 31.8 Å². The number of ether oxygens (including phenoxy) is 1. The summed E-state index contributed by atoms with van der Waals surface area (Å²) in [6, 6.07) is 13.9. The van der Waals surface area contributed by atoms with Gasteiger partial charge in [0, 0.05) is 36.3 Å². The van der Waals surface area contributed by atoms with Crippen molar-refractivity contribution in [2.45, 2.75) is 10.8 Å². The molecule has 1 aliphatic heterocycles. The summed E-state index contributed by atoms with van der Waals surface area (Å²) >= 11 is 6.03. The summed E-state index contributed by atoms with van der Waals surface area (Å²) in [6.07, 6.45) is 1.55. The van der Waals surface area contributed by atoms with Crippen molar-refractivity contribution in [2.24, 2.45) is 5.73 Å². The zero-order valence-corrected chi connectivity index (χ0v) is 17.7. The van der Waals surface area contributed by atoms with Gasteiger partial charge < -0.3 is 10.5 Å². The standard InChI is InChI=1S/C21H17ClN4O3S/c1-26(2)30(27,28)17-10-15-18(12-5-7-13(22)8-6-12)16(11-23)21(24)29-20(15)19-14(17)4-3-9-25-19/h3-10,18H,24H2,1-2H3. The first-order chi connectivity index (χ1) is 14.3. The Morgan fingerprint density at radius 3 is 2.57 bits per heavy atom. The van der Waals surface area contributed by atoms with Crippen LogP contribution in [-0.2, 0) is 10.0 Å². The predicted octanol–water partition coefficient (Wildman–Crippen LogP) is 3.36. The highest BCUT2D eigenvalue weighted by molar-refractivity contribution is 7.89. The van der Waals surface area contributed by atoms with Crippen LogP contribution in [0.1, 0.15) is 17.0 Å². The first-order valence-corrected chi connectivity index (χ1v) is 10.7. The van der Waals surface area contributed by atoms with E-state index in [9.17, 15) is 13.7 Å². The van der Waals surface area contributed by atoms with E-state index in [4.69, 9.17) is 22.1 Å². The molecule has 7 nitrogen and oxygen atoms in total. The highest BCUT2D eigenvalue weighted by Crippen LogP contribution is 2.46. The van der Waals surface area contributed by atoms with Gasteiger partial charge in [0.1, 0.15) is 17.2 Å². The monoisotopic (exact) mass is 440 g/mol. The molecular formula is C21H17ClN4O3S. The molecule has 152 valence electrons. The number of allylic oxidation sites excluding steroid dienone is 1. The van der Waals surface area contributed by atoms with E-state index in [1.165, 1.54) is 20.2 Å². The Bertz CT molecular complexity index is 1340. The van der Waals surface area contributed by atoms with Gasteiger partial charge in [-0.15, -0.1) is 0 Å². The summed E-state index contributed by atoms with van der Waals surface area (Å²) < 4.78 is 33.1. The summed E-state index contributed by atoms with van der Waals surface area (Å²) in [5.74, 6) is -0.335. The van der Waals surface area contributed by atoms with E-state index in [2.05, 4.69) is 11.1 Å². The second kappa shape index (κ2) is 7.29. The molecule has 0 bridgehead atoms. The quantitative estimate of drug-likeness (QED) is 0.668. The molecule has 2 N–H and O–H groups in total. The van der Waals surface area contributed by atoms with Crippen LogP contribution in [0.2, 0.25) is 5.02 Å². The third-order valence-electron chi connectivity index (χ3n) is 5.00. The number of nitrogens with two attached hydrogens (primary N) is 1. The van der Waals surface area contributed by atoms with E-state index in [0.29, 0.717) is 27.2 Å². The minimum absolute atomic E-state index is 0.0416. The van der Waals surface area contributed by atoms with E-state index in [1.54, 1.807) is 42.6 Å². The molecule has 1 aliphatic rings. The number of halogens is 1. The van der Waals surface area contributed by atoms with Crippen LogP contribution in [0.3, 0.4) is 0 Å². The maximum absolute atomic E-state index is 13.1. The molecule has 30 heavy (non-hydrogen) atoms. The number of rotatable bonds is 3. The Labute approximate surface area is 179 Å². The number of benzene rings is 2. The van der Waals surface area contributed by atoms with E-state index < -0.39 is 15.9 Å². The van der Waals surface area contributed by atoms with Crippen molar-refractivity contribution in [3.05, 3.63) is 76.3 Å². The Morgan fingerprint density at radius 1 is 1.23 bits per heavy atom. The van der Waals surface area contributed by atoms with Gasteiger partial charge in [-0.3, -0.25) is 4.98 Å². The Hall–Kier alpha value is -3.12. The van der Waals surface area contributed by atoms with Crippen molar-refractivity contribution in [1.29, 1.82) is 5.26 Å². The van der Waals surface area contributed by atoms with Crippen LogP contribution < -0.4 is 10.5 Å². The lowest BCUT2D eigenvalue weighted by molar-refractivity contribution is 0.397. The molecule has 0 saturated heterocycles. The van der Waals surface area contributed by atoms with Gasteiger partial charge in [-0.1, -0.05) is 23.7 Å². The molecule has 0 spiro atoms. The van der Waals surface area contributed by atoms with Crippen LogP contribution in [0.25, 0.3) is 10.9 Å². The smallest absolute Gasteiger partial charge is 0.243 e. The SMILES string of the molecule is CN(C)S(=O)(=O)c1cc2c(c3ncccc13)OC(N)=C(C#N)C2c1ccc(Cl)cc1. The molecule has 3 aromatic rings. The Morgan fingerprint density at radius 2 is 1.93 bits per heavy atom. The van der Waals surface area contributed by atoms with E-state index in [1.807, 2.05) is 0 Å². The number of nitriles is 1. The predicted molar refractivity (Wildman–Crippen MR) is 113 cm³/mol. The molecule has 1 atom stereocenters. The number of hydrogen-bond donors (Lipinski definition) is 1. The fraction of sp³-hybridized carbons (Fsp3) is 0.143. The summed E-state index contributed by atoms with van der Waals surface area (Å²) in [7, 11) is -0.878. The van der Waals surface area contributed by atoms with E-state index in [0.717, 1.165) is 9.87 Å². The zero-order valence-electron chi connectivity index (χ0n) is 16.1. The number of nitrogens with zero attached hydrogens (tertiary/aromatic N) is 3. The third kappa shape index (κ3) is 3.08. The number of pyridine rings is 1. The van der Waals surface area contributed by atoms with Gasteiger partial charge in [0.25, 0.3) is 0 Å². The van der Waals surface area contributed by atoms with Gasteiger partial charge in [-0.25, -0.2) is 12.7 Å². The topological polar surface area (TPSA) is 109 Å². The summed E-state index contributed by atoms with van der Waals surface area (Å²) in [5.41, 5.74) is 7.85. The van der Waals surface area contributed by atoms with E-state index >= 15 is 0 Å². The number of hydrogen-bond acceptors (Lipinski definition) is 6. The van der Waals surface area contributed by atoms with Crippen molar-refractivity contribution in [3.63, 3.8) is 0 Å². The van der Waals surface area contributed by atoms with E-state index in [-0.39, 0.29) is 16.4 Å². The van der Waals surface area contributed by atoms with Gasteiger partial charge in [0.2, 0.25) is 15.9 Å². The van der Waals surface area contributed by atoms with Crippen molar-refractivity contribution in [1.82, 2.24) is 9.29 Å². The highest BCUT2D eigenvalue weighted by atomic mass is 35.5. The molecule has 2 aromatic carbocycles. The molecule has 0 fully saturated rings. The molecular weight excluding hydrogens is 424 g/mol. The first kappa shape index (κ1) is 20.2. The normalized spacial score (nSPS) is 16.3. The van der Waals surface area contributed by atoms with Crippen molar-refractivity contribution < 1.29 is 13.2 Å². The average Bonchev–Trinajstić information content (AvgIpc) is 2.73. The minimum Gasteiger partial charge on any atom is -0.438 e. The van der Waals surface area contributed by atoms with Crippen LogP contribution in [0.5, 0.6) is 5.75 Å². The van der Waals surface area contributed by atoms with Crippen LogP contribution >= 0.6 is 11.6 Å². The fourth-order valence-corrected chi connectivity index (χ4v) is 4.76. The number of fused-ring (bicyclic) bond motifs is 3. The van der Waals surface area contributed by atoms with Crippen molar-refractivity contribution in [3.8, 4) is 11.8 Å². The molecule has 0 saturated carbocycles. The summed E-state index contributed by atoms with van der Waals surface area (Å²) in [6.45, 7) is 0. The van der Waals surface area contributed by atoms with Gasteiger partial charge >= 0.3 is 0 Å². The van der Waals surface area contributed by atoms with Crippen LogP contribution in [0.4, 0.5) is 0 Å². The molecule has 0 radical (unpaired) electrons. The zero-order chi connectivity index (χ0) is 21.6. The first-order valence-electron chi connectivity index (χ1n) is 8.93. The third-order valence-corrected chi connectivity index (χ3v) is 7.10. The Balaban J connectivity index is 2.11. The maximum atomic E-state index is 13.1. The van der Waals surface area contributed by atoms with Crippen LogP contribution in [0.15, 0.2) is 65.0 Å². The Kier molecular flexibility index (Phi) is 4.90. The largest absolute Gasteiger partial charge is 0.438 e. The fourth-order valence-electron chi connectivity index (χ4n) is 3.52. The minimum atomic E-state index is -3.80. The summed E-state index contributed by atoms with van der Waals surface area (Å²) in [5, 5.41) is 10.7. The van der Waals surface area contributed by atoms with Crippen molar-refractivity contribution >= 4 is 32.5 Å². The summed E-state index contributed by atoms with van der Waals surface area (Å²) in [4.78, 5) is 4.44. The van der Waals surface area contributed by atoms with Gasteiger partial charge in [-0.05, 0) is 35.9 Å². The molecule has 1 unspecified atom stereocenters. The number of aromatic nitrogens is 1.